The highest BCUT2D eigenvalue weighted by Crippen LogP contribution is 2.32. The Morgan fingerprint density at radius 2 is 2.00 bits per heavy atom. The lowest BCUT2D eigenvalue weighted by Gasteiger charge is -2.04. The molecule has 0 radical (unpaired) electrons. The fourth-order valence-electron chi connectivity index (χ4n) is 1.81. The standard InChI is InChI=1S/C15H17ClN2O2S.ClH/c1-9(2)8-17-15-18-14(12(21-15)7-13(19)20)10-3-5-11(16)6-4-10;/h3-6,9H,7-8H2,1-2H3,(H,17,18)(H,19,20);1H. The maximum Gasteiger partial charge on any atom is 0.308 e. The maximum absolute atomic E-state index is 11.0. The number of aliphatic carboxylic acids is 1. The molecule has 0 fully saturated rings. The number of hydrogen-bond acceptors (Lipinski definition) is 4. The van der Waals surface area contributed by atoms with Crippen molar-refractivity contribution >= 4 is 46.4 Å². The molecule has 0 saturated heterocycles. The van der Waals surface area contributed by atoms with Crippen LogP contribution in [0.15, 0.2) is 24.3 Å². The number of halogens is 2. The molecular formula is C15H18Cl2N2O2S. The lowest BCUT2D eigenvalue weighted by Crippen LogP contribution is -2.07. The minimum absolute atomic E-state index is 0. The number of anilines is 1. The molecule has 22 heavy (non-hydrogen) atoms. The molecule has 0 amide bonds. The summed E-state index contributed by atoms with van der Waals surface area (Å²) in [6.45, 7) is 5.03. The molecule has 0 aliphatic carbocycles. The maximum atomic E-state index is 11.0. The first-order valence-electron chi connectivity index (χ1n) is 6.67. The molecule has 2 rings (SSSR count). The summed E-state index contributed by atoms with van der Waals surface area (Å²) in [4.78, 5) is 16.3. The molecule has 120 valence electrons. The average Bonchev–Trinajstić information content (AvgIpc) is 2.79. The predicted octanol–water partition coefficient (Wildman–Crippen LogP) is 4.58. The Balaban J connectivity index is 0.00000242. The number of rotatable bonds is 6. The summed E-state index contributed by atoms with van der Waals surface area (Å²) in [5, 5.41) is 13.7. The van der Waals surface area contributed by atoms with Crippen LogP contribution in [0.5, 0.6) is 0 Å². The number of hydrogen-bond donors (Lipinski definition) is 2. The van der Waals surface area contributed by atoms with Crippen molar-refractivity contribution < 1.29 is 9.90 Å². The molecule has 0 saturated carbocycles. The Labute approximate surface area is 145 Å². The van der Waals surface area contributed by atoms with Gasteiger partial charge in [-0.3, -0.25) is 4.79 Å². The molecule has 4 nitrogen and oxygen atoms in total. The third-order valence-electron chi connectivity index (χ3n) is 2.79. The van der Waals surface area contributed by atoms with E-state index in [1.807, 2.05) is 12.1 Å². The number of thiazole rings is 1. The Morgan fingerprint density at radius 1 is 1.36 bits per heavy atom. The van der Waals surface area contributed by atoms with Gasteiger partial charge in [-0.1, -0.05) is 37.6 Å². The van der Waals surface area contributed by atoms with Gasteiger partial charge in [0.2, 0.25) is 0 Å². The number of aromatic nitrogens is 1. The van der Waals surface area contributed by atoms with E-state index in [0.29, 0.717) is 16.6 Å². The number of nitrogens with one attached hydrogen (secondary N) is 1. The van der Waals surface area contributed by atoms with Crippen molar-refractivity contribution in [1.82, 2.24) is 4.98 Å². The van der Waals surface area contributed by atoms with Crippen molar-refractivity contribution in [2.75, 3.05) is 11.9 Å². The fraction of sp³-hybridized carbons (Fsp3) is 0.333. The van der Waals surface area contributed by atoms with Crippen molar-refractivity contribution in [3.8, 4) is 11.3 Å². The first-order valence-corrected chi connectivity index (χ1v) is 7.86. The zero-order valence-electron chi connectivity index (χ0n) is 12.3. The Bertz CT molecular complexity index is 627. The van der Waals surface area contributed by atoms with Crippen molar-refractivity contribution in [3.05, 3.63) is 34.2 Å². The molecule has 1 heterocycles. The predicted molar refractivity (Wildman–Crippen MR) is 94.5 cm³/mol. The first kappa shape index (κ1) is 18.7. The van der Waals surface area contributed by atoms with Gasteiger partial charge < -0.3 is 10.4 Å². The van der Waals surface area contributed by atoms with E-state index in [4.69, 9.17) is 16.7 Å². The minimum Gasteiger partial charge on any atom is -0.481 e. The molecule has 0 aliphatic heterocycles. The summed E-state index contributed by atoms with van der Waals surface area (Å²) in [6.07, 6.45) is -0.0288. The number of benzene rings is 1. The van der Waals surface area contributed by atoms with Crippen LogP contribution in [0.1, 0.15) is 18.7 Å². The van der Waals surface area contributed by atoms with Gasteiger partial charge in [0, 0.05) is 22.0 Å². The van der Waals surface area contributed by atoms with Gasteiger partial charge >= 0.3 is 5.97 Å². The normalized spacial score (nSPS) is 10.4. The van der Waals surface area contributed by atoms with Gasteiger partial charge in [-0.15, -0.1) is 23.7 Å². The second-order valence-corrected chi connectivity index (χ2v) is 6.66. The van der Waals surface area contributed by atoms with Crippen LogP contribution in [-0.2, 0) is 11.2 Å². The lowest BCUT2D eigenvalue weighted by molar-refractivity contribution is -0.136. The van der Waals surface area contributed by atoms with Gasteiger partial charge in [-0.2, -0.15) is 0 Å². The van der Waals surface area contributed by atoms with Crippen LogP contribution in [0.4, 0.5) is 5.13 Å². The SMILES string of the molecule is CC(C)CNc1nc(-c2ccc(Cl)cc2)c(CC(=O)O)s1.Cl. The van der Waals surface area contributed by atoms with Crippen LogP contribution < -0.4 is 5.32 Å². The van der Waals surface area contributed by atoms with Gasteiger partial charge in [0.05, 0.1) is 12.1 Å². The van der Waals surface area contributed by atoms with Crippen LogP contribution in [0, 0.1) is 5.92 Å². The minimum atomic E-state index is -0.857. The Morgan fingerprint density at radius 3 is 2.55 bits per heavy atom. The first-order chi connectivity index (χ1) is 9.95. The van der Waals surface area contributed by atoms with E-state index in [9.17, 15) is 4.79 Å². The number of carboxylic acids is 1. The molecule has 0 unspecified atom stereocenters. The zero-order chi connectivity index (χ0) is 15.4. The summed E-state index contributed by atoms with van der Waals surface area (Å²) in [7, 11) is 0. The van der Waals surface area contributed by atoms with Crippen LogP contribution in [0.3, 0.4) is 0 Å². The van der Waals surface area contributed by atoms with Gasteiger partial charge in [-0.05, 0) is 18.1 Å². The number of nitrogens with zero attached hydrogens (tertiary/aromatic N) is 1. The summed E-state index contributed by atoms with van der Waals surface area (Å²) >= 11 is 7.28. The van der Waals surface area contributed by atoms with E-state index in [0.717, 1.165) is 22.1 Å². The van der Waals surface area contributed by atoms with Crippen molar-refractivity contribution in [3.63, 3.8) is 0 Å². The largest absolute Gasteiger partial charge is 0.481 e. The summed E-state index contributed by atoms with van der Waals surface area (Å²) in [6, 6.07) is 7.27. The molecule has 1 aromatic heterocycles. The van der Waals surface area contributed by atoms with E-state index >= 15 is 0 Å². The molecule has 2 aromatic rings. The monoisotopic (exact) mass is 360 g/mol. The average molecular weight is 361 g/mol. The fourth-order valence-corrected chi connectivity index (χ4v) is 2.92. The molecule has 2 N–H and O–H groups in total. The highest BCUT2D eigenvalue weighted by atomic mass is 35.5. The molecule has 7 heteroatoms. The third-order valence-corrected chi connectivity index (χ3v) is 4.05. The molecule has 0 bridgehead atoms. The quantitative estimate of drug-likeness (QED) is 0.791. The summed E-state index contributed by atoms with van der Waals surface area (Å²) in [5.41, 5.74) is 1.59. The second kappa shape index (κ2) is 8.36. The van der Waals surface area contributed by atoms with Crippen LogP contribution >= 0.6 is 35.3 Å². The van der Waals surface area contributed by atoms with E-state index in [-0.39, 0.29) is 18.8 Å². The molecule has 0 atom stereocenters. The van der Waals surface area contributed by atoms with E-state index in [1.54, 1.807) is 12.1 Å². The molecule has 0 aliphatic rings. The molecule has 0 spiro atoms. The van der Waals surface area contributed by atoms with Gasteiger partial charge in [-0.25, -0.2) is 4.98 Å². The van der Waals surface area contributed by atoms with Crippen molar-refractivity contribution in [1.29, 1.82) is 0 Å². The van der Waals surface area contributed by atoms with Crippen molar-refractivity contribution in [2.24, 2.45) is 5.92 Å². The third kappa shape index (κ3) is 5.16. The topological polar surface area (TPSA) is 62.2 Å². The smallest absolute Gasteiger partial charge is 0.308 e. The number of carbonyl (C=O) groups is 1. The Hall–Kier alpha value is -1.30. The van der Waals surface area contributed by atoms with Crippen LogP contribution in [0.2, 0.25) is 5.02 Å². The Kier molecular flexibility index (Phi) is 7.13. The number of carboxylic acid groups (broad SMARTS) is 1. The van der Waals surface area contributed by atoms with E-state index < -0.39 is 5.97 Å². The van der Waals surface area contributed by atoms with Crippen molar-refractivity contribution in [2.45, 2.75) is 20.3 Å². The summed E-state index contributed by atoms with van der Waals surface area (Å²) < 4.78 is 0. The highest BCUT2D eigenvalue weighted by Gasteiger charge is 2.15. The molecule has 1 aromatic carbocycles. The highest BCUT2D eigenvalue weighted by molar-refractivity contribution is 7.16. The second-order valence-electron chi connectivity index (χ2n) is 5.14. The van der Waals surface area contributed by atoms with E-state index in [2.05, 4.69) is 24.1 Å². The lowest BCUT2D eigenvalue weighted by atomic mass is 10.1. The van der Waals surface area contributed by atoms with Crippen LogP contribution in [-0.4, -0.2) is 22.6 Å². The zero-order valence-corrected chi connectivity index (χ0v) is 14.7. The van der Waals surface area contributed by atoms with Gasteiger partial charge in [0.15, 0.2) is 5.13 Å². The van der Waals surface area contributed by atoms with Gasteiger partial charge in [0.25, 0.3) is 0 Å². The van der Waals surface area contributed by atoms with Gasteiger partial charge in [0.1, 0.15) is 0 Å². The van der Waals surface area contributed by atoms with Crippen LogP contribution in [0.25, 0.3) is 11.3 Å². The molecular weight excluding hydrogens is 343 g/mol. The van der Waals surface area contributed by atoms with E-state index in [1.165, 1.54) is 11.3 Å². The summed E-state index contributed by atoms with van der Waals surface area (Å²) in [5.74, 6) is -0.361.